The number of anilines is 1. The van der Waals surface area contributed by atoms with Crippen LogP contribution in [-0.2, 0) is 0 Å². The molecule has 164 valence electrons. The average Bonchev–Trinajstić information content (AvgIpc) is 3.36. The van der Waals surface area contributed by atoms with E-state index in [9.17, 15) is 0 Å². The summed E-state index contributed by atoms with van der Waals surface area (Å²) in [5.74, 6) is -2.70. The molecule has 0 saturated heterocycles. The van der Waals surface area contributed by atoms with Gasteiger partial charge in [0, 0.05) is 0 Å². The molecule has 5 rings (SSSR count). The molecule has 0 aliphatic carbocycles. The predicted molar refractivity (Wildman–Crippen MR) is 142 cm³/mol. The van der Waals surface area contributed by atoms with Crippen molar-refractivity contribution < 1.29 is 4.42 Å². The van der Waals surface area contributed by atoms with Crippen molar-refractivity contribution in [2.75, 3.05) is 12.4 Å². The molecule has 0 aliphatic heterocycles. The van der Waals surface area contributed by atoms with E-state index >= 15 is 0 Å². The van der Waals surface area contributed by atoms with Gasteiger partial charge in [0.2, 0.25) is 0 Å². The van der Waals surface area contributed by atoms with Crippen LogP contribution in [0.15, 0.2) is 126 Å². The number of oxazole rings is 1. The van der Waals surface area contributed by atoms with Crippen LogP contribution in [0.25, 0.3) is 11.5 Å². The van der Waals surface area contributed by atoms with Gasteiger partial charge in [0.15, 0.2) is 0 Å². The minimum atomic E-state index is -3.80. The van der Waals surface area contributed by atoms with Crippen LogP contribution in [0.2, 0.25) is 0 Å². The quantitative estimate of drug-likeness (QED) is 0.324. The summed E-state index contributed by atoms with van der Waals surface area (Å²) >= 11 is 8.25. The first-order valence-corrected chi connectivity index (χ1v) is 14.0. The number of hydrogen-bond donors (Lipinski definition) is 1. The second-order valence-electron chi connectivity index (χ2n) is 7.80. The molecule has 0 unspecified atom stereocenters. The van der Waals surface area contributed by atoms with Gasteiger partial charge in [0.25, 0.3) is 0 Å². The Kier molecular flexibility index (Phi) is 5.54. The van der Waals surface area contributed by atoms with Crippen molar-refractivity contribution in [2.45, 2.75) is 0 Å². The molecule has 0 saturated carbocycles. The monoisotopic (exact) mass is 470 g/mol. The van der Waals surface area contributed by atoms with Crippen LogP contribution in [0.5, 0.6) is 0 Å². The fourth-order valence-electron chi connectivity index (χ4n) is 4.40. The van der Waals surface area contributed by atoms with E-state index in [0.29, 0.717) is 17.2 Å². The molecule has 0 radical (unpaired) electrons. The summed E-state index contributed by atoms with van der Waals surface area (Å²) in [4.78, 5) is 5.12. The molecular weight excluding hydrogens is 447 g/mol. The van der Waals surface area contributed by atoms with E-state index in [-0.39, 0.29) is 0 Å². The van der Waals surface area contributed by atoms with E-state index in [2.05, 4.69) is 41.7 Å². The normalized spacial score (nSPS) is 12.6. The zero-order valence-corrected chi connectivity index (χ0v) is 19.9. The van der Waals surface area contributed by atoms with E-state index in [0.717, 1.165) is 21.5 Å². The third-order valence-electron chi connectivity index (χ3n) is 5.98. The van der Waals surface area contributed by atoms with Crippen LogP contribution in [0.4, 0.5) is 5.88 Å². The number of aromatic nitrogens is 1. The zero-order chi connectivity index (χ0) is 22.8. The van der Waals surface area contributed by atoms with Crippen LogP contribution >= 0.6 is 17.2 Å². The molecule has 1 heterocycles. The Morgan fingerprint density at radius 1 is 0.636 bits per heavy atom. The van der Waals surface area contributed by atoms with Gasteiger partial charge in [-0.2, -0.15) is 0 Å². The average molecular weight is 471 g/mol. The number of halogens is 1. The summed E-state index contributed by atoms with van der Waals surface area (Å²) in [6.07, 6.45) is 0. The zero-order valence-electron chi connectivity index (χ0n) is 18.2. The van der Waals surface area contributed by atoms with E-state index in [1.165, 1.54) is 0 Å². The van der Waals surface area contributed by atoms with Crippen molar-refractivity contribution >= 4 is 44.4 Å². The number of nitrogens with zero attached hydrogens (tertiary/aromatic N) is 1. The maximum atomic E-state index is 8.25. The van der Waals surface area contributed by atoms with E-state index in [1.807, 2.05) is 92.0 Å². The Labute approximate surface area is 198 Å². The summed E-state index contributed by atoms with van der Waals surface area (Å²) in [6, 6.07) is 40.7. The molecule has 1 N–H and O–H groups in total. The molecular formula is C28H24ClN2OP. The van der Waals surface area contributed by atoms with Gasteiger partial charge in [-0.15, -0.1) is 0 Å². The van der Waals surface area contributed by atoms with Crippen LogP contribution in [0.1, 0.15) is 0 Å². The van der Waals surface area contributed by atoms with Crippen molar-refractivity contribution in [1.82, 2.24) is 4.98 Å². The Bertz CT molecular complexity index is 1260. The molecule has 5 aromatic rings. The number of hydrogen-bond acceptors (Lipinski definition) is 3. The van der Waals surface area contributed by atoms with Gasteiger partial charge in [0.1, 0.15) is 0 Å². The van der Waals surface area contributed by atoms with Gasteiger partial charge >= 0.3 is 199 Å². The predicted octanol–water partition coefficient (Wildman–Crippen LogP) is 5.69. The molecule has 0 spiro atoms. The van der Waals surface area contributed by atoms with Crippen molar-refractivity contribution in [1.29, 1.82) is 0 Å². The fourth-order valence-corrected chi connectivity index (χ4v) is 10.4. The van der Waals surface area contributed by atoms with Crippen molar-refractivity contribution in [3.8, 4) is 11.5 Å². The summed E-state index contributed by atoms with van der Waals surface area (Å²) in [7, 11) is 1.85. The van der Waals surface area contributed by atoms with Crippen LogP contribution < -0.4 is 26.7 Å². The standard InChI is InChI=1S/C28H24ClN2OP/c1-30-27-28(31-26(32-27)22-14-6-2-7-15-22)33(29,23-16-8-3-9-17-23,24-18-10-4-11-19-24)25-20-12-5-13-21-25/h2-21,30H,1H3. The molecule has 0 fully saturated rings. The molecule has 4 aromatic carbocycles. The second-order valence-corrected chi connectivity index (χ2v) is 13.8. The Balaban J connectivity index is 1.96. The van der Waals surface area contributed by atoms with Gasteiger partial charge in [0.05, 0.1) is 0 Å². The van der Waals surface area contributed by atoms with Gasteiger partial charge in [-0.1, -0.05) is 0 Å². The maximum absolute atomic E-state index is 8.25. The third-order valence-corrected chi connectivity index (χ3v) is 13.1. The van der Waals surface area contributed by atoms with Crippen LogP contribution in [-0.4, -0.2) is 12.0 Å². The molecule has 0 atom stereocenters. The fraction of sp³-hybridized carbons (Fsp3) is 0.0357. The summed E-state index contributed by atoms with van der Waals surface area (Å²) < 4.78 is 6.31. The van der Waals surface area contributed by atoms with Crippen molar-refractivity contribution in [3.05, 3.63) is 121 Å². The van der Waals surface area contributed by atoms with E-state index in [4.69, 9.17) is 20.6 Å². The molecule has 0 amide bonds. The van der Waals surface area contributed by atoms with Gasteiger partial charge in [-0.05, 0) is 0 Å². The SMILES string of the molecule is CNc1oc(-c2ccccc2)nc1P(Cl)(c1ccccc1)(c1ccccc1)c1ccccc1. The third kappa shape index (κ3) is 3.28. The summed E-state index contributed by atoms with van der Waals surface area (Å²) in [5.41, 5.74) is 1.61. The van der Waals surface area contributed by atoms with Crippen molar-refractivity contribution in [3.63, 3.8) is 0 Å². The molecule has 0 bridgehead atoms. The van der Waals surface area contributed by atoms with E-state index < -0.39 is 5.96 Å². The van der Waals surface area contributed by atoms with Gasteiger partial charge < -0.3 is 0 Å². The first-order valence-electron chi connectivity index (χ1n) is 10.8. The van der Waals surface area contributed by atoms with Crippen molar-refractivity contribution in [2.24, 2.45) is 0 Å². The number of benzene rings is 4. The molecule has 0 aliphatic rings. The van der Waals surface area contributed by atoms with Gasteiger partial charge in [-0.25, -0.2) is 0 Å². The number of nitrogens with one attached hydrogen (secondary N) is 1. The number of rotatable bonds is 6. The Morgan fingerprint density at radius 2 is 1.03 bits per heavy atom. The van der Waals surface area contributed by atoms with Gasteiger partial charge in [-0.3, -0.25) is 0 Å². The minimum absolute atomic E-state index is 0.535. The van der Waals surface area contributed by atoms with Crippen LogP contribution in [0.3, 0.4) is 0 Å². The van der Waals surface area contributed by atoms with E-state index in [1.54, 1.807) is 0 Å². The Hall–Kier alpha value is -3.39. The molecule has 1 aromatic heterocycles. The molecule has 5 heteroatoms. The first-order chi connectivity index (χ1) is 16.2. The first kappa shape index (κ1) is 21.5. The summed E-state index contributed by atoms with van der Waals surface area (Å²) in [5, 5.41) is 6.26. The molecule has 33 heavy (non-hydrogen) atoms. The Morgan fingerprint density at radius 3 is 1.42 bits per heavy atom. The van der Waals surface area contributed by atoms with Crippen LogP contribution in [0, 0.1) is 0 Å². The second kappa shape index (κ2) is 8.51. The molecule has 3 nitrogen and oxygen atoms in total. The topological polar surface area (TPSA) is 38.1 Å². The summed E-state index contributed by atoms with van der Waals surface area (Å²) in [6.45, 7) is 0.